The third kappa shape index (κ3) is 5.85. The number of hydrogen-bond acceptors (Lipinski definition) is 5. The summed E-state index contributed by atoms with van der Waals surface area (Å²) in [7, 11) is 0. The second-order valence-corrected chi connectivity index (χ2v) is 6.17. The number of ether oxygens (including phenoxy) is 3. The Morgan fingerprint density at radius 1 is 1.22 bits per heavy atom. The summed E-state index contributed by atoms with van der Waals surface area (Å²) in [6, 6.07) is 2.97. The Hall–Kier alpha value is -2.29. The van der Waals surface area contributed by atoms with Gasteiger partial charge in [0.2, 0.25) is 6.79 Å². The number of nitrogens with zero attached hydrogens (tertiary/aromatic N) is 1. The van der Waals surface area contributed by atoms with Gasteiger partial charge in [0.05, 0.1) is 12.1 Å². The molecule has 1 aliphatic rings. The maximum atomic E-state index is 12.7. The van der Waals surface area contributed by atoms with Crippen LogP contribution in [-0.4, -0.2) is 43.2 Å². The van der Waals surface area contributed by atoms with E-state index in [0.29, 0.717) is 49.0 Å². The van der Waals surface area contributed by atoms with E-state index in [1.807, 2.05) is 20.8 Å². The molecule has 0 amide bonds. The molecule has 0 fully saturated rings. The first-order valence-corrected chi connectivity index (χ1v) is 9.02. The lowest BCUT2D eigenvalue weighted by molar-refractivity contribution is -0.0505. The Balaban J connectivity index is 2.16. The summed E-state index contributed by atoms with van der Waals surface area (Å²) in [6.45, 7) is 3.85. The van der Waals surface area contributed by atoms with Gasteiger partial charge in [0, 0.05) is 24.7 Å². The molecule has 0 aromatic heterocycles. The number of hydrogen-bond donors (Lipinski definition) is 3. The van der Waals surface area contributed by atoms with Crippen molar-refractivity contribution in [3.63, 3.8) is 0 Å². The molecule has 2 rings (SSSR count). The maximum absolute atomic E-state index is 12.7. The monoisotopic (exact) mass is 387 g/mol. The summed E-state index contributed by atoms with van der Waals surface area (Å²) in [5.41, 5.74) is -0.392. The van der Waals surface area contributed by atoms with E-state index in [-0.39, 0.29) is 19.1 Å². The highest BCUT2D eigenvalue weighted by Crippen LogP contribution is 2.39. The Bertz CT molecular complexity index is 652. The lowest BCUT2D eigenvalue weighted by Crippen LogP contribution is -2.46. The first kappa shape index (κ1) is 21.0. The Morgan fingerprint density at radius 2 is 1.89 bits per heavy atom. The minimum absolute atomic E-state index is 0.00697. The average molecular weight is 387 g/mol. The third-order valence-corrected chi connectivity index (χ3v) is 4.42. The minimum atomic E-state index is -2.96. The van der Waals surface area contributed by atoms with Crippen molar-refractivity contribution in [2.45, 2.75) is 52.4 Å². The van der Waals surface area contributed by atoms with E-state index in [1.165, 1.54) is 6.07 Å². The molecule has 0 saturated heterocycles. The number of aliphatic imine (C=N–C) groups is 1. The predicted molar refractivity (Wildman–Crippen MR) is 97.5 cm³/mol. The van der Waals surface area contributed by atoms with Crippen LogP contribution in [0.1, 0.15) is 39.2 Å². The van der Waals surface area contributed by atoms with Crippen LogP contribution in [0.15, 0.2) is 17.1 Å². The standard InChI is InChI=1S/C18H27F2N3O4/c1-4-18(24,5-2)10-23-17(21-6-3)22-9-12-7-14-15(26-11-25-14)8-13(12)27-16(19)20/h7-8,16,24H,4-6,9-11H2,1-3H3,(H2,21,22,23). The maximum Gasteiger partial charge on any atom is 0.387 e. The van der Waals surface area contributed by atoms with Crippen molar-refractivity contribution in [3.05, 3.63) is 17.7 Å². The molecule has 0 atom stereocenters. The molecule has 1 heterocycles. The highest BCUT2D eigenvalue weighted by Gasteiger charge is 2.23. The molecule has 1 aromatic rings. The van der Waals surface area contributed by atoms with Crippen molar-refractivity contribution in [3.8, 4) is 17.2 Å². The van der Waals surface area contributed by atoms with Crippen molar-refractivity contribution in [1.29, 1.82) is 0 Å². The number of benzene rings is 1. The molecule has 3 N–H and O–H groups in total. The van der Waals surface area contributed by atoms with Crippen LogP contribution in [-0.2, 0) is 6.54 Å². The number of nitrogens with one attached hydrogen (secondary N) is 2. The Labute approximate surface area is 157 Å². The molecule has 0 spiro atoms. The van der Waals surface area contributed by atoms with Gasteiger partial charge < -0.3 is 30.0 Å². The number of aliphatic hydroxyl groups is 1. The zero-order valence-corrected chi connectivity index (χ0v) is 15.8. The molecule has 0 radical (unpaired) electrons. The summed E-state index contributed by atoms with van der Waals surface area (Å²) < 4.78 is 40.5. The Kier molecular flexibility index (Phi) is 7.46. The van der Waals surface area contributed by atoms with Crippen LogP contribution in [0.5, 0.6) is 17.2 Å². The largest absolute Gasteiger partial charge is 0.454 e. The van der Waals surface area contributed by atoms with Crippen molar-refractivity contribution in [2.75, 3.05) is 19.9 Å². The van der Waals surface area contributed by atoms with Gasteiger partial charge >= 0.3 is 6.61 Å². The highest BCUT2D eigenvalue weighted by atomic mass is 19.3. The number of alkyl halides is 2. The topological polar surface area (TPSA) is 84.3 Å². The lowest BCUT2D eigenvalue weighted by Gasteiger charge is -2.26. The van der Waals surface area contributed by atoms with Crippen LogP contribution in [0.3, 0.4) is 0 Å². The fraction of sp³-hybridized carbons (Fsp3) is 0.611. The molecule has 0 saturated carbocycles. The average Bonchev–Trinajstić information content (AvgIpc) is 3.10. The van der Waals surface area contributed by atoms with E-state index in [4.69, 9.17) is 9.47 Å². The number of halogens is 2. The molecule has 0 aliphatic carbocycles. The summed E-state index contributed by atoms with van der Waals surface area (Å²) in [6.07, 6.45) is 1.20. The van der Waals surface area contributed by atoms with Crippen LogP contribution in [0.4, 0.5) is 8.78 Å². The second-order valence-electron chi connectivity index (χ2n) is 6.17. The van der Waals surface area contributed by atoms with Gasteiger partial charge in [0.1, 0.15) is 5.75 Å². The molecule has 152 valence electrons. The zero-order valence-electron chi connectivity index (χ0n) is 15.8. The van der Waals surface area contributed by atoms with E-state index in [1.54, 1.807) is 6.07 Å². The SMILES string of the molecule is CCNC(=NCc1cc2c(cc1OC(F)F)OCO2)NCC(O)(CC)CC. The molecule has 1 aromatic carbocycles. The quantitative estimate of drug-likeness (QED) is 0.446. The molecule has 1 aliphatic heterocycles. The van der Waals surface area contributed by atoms with Gasteiger partial charge in [-0.2, -0.15) is 8.78 Å². The zero-order chi connectivity index (χ0) is 19.9. The van der Waals surface area contributed by atoms with Gasteiger partial charge in [-0.1, -0.05) is 13.8 Å². The smallest absolute Gasteiger partial charge is 0.387 e. The van der Waals surface area contributed by atoms with Gasteiger partial charge in [-0.25, -0.2) is 4.99 Å². The normalized spacial score (nSPS) is 13.8. The summed E-state index contributed by atoms with van der Waals surface area (Å²) >= 11 is 0. The van der Waals surface area contributed by atoms with E-state index in [2.05, 4.69) is 20.4 Å². The van der Waals surface area contributed by atoms with E-state index in [0.717, 1.165) is 0 Å². The number of rotatable bonds is 9. The fourth-order valence-corrected chi connectivity index (χ4v) is 2.55. The number of fused-ring (bicyclic) bond motifs is 1. The molecule has 27 heavy (non-hydrogen) atoms. The highest BCUT2D eigenvalue weighted by molar-refractivity contribution is 5.79. The van der Waals surface area contributed by atoms with Crippen molar-refractivity contribution >= 4 is 5.96 Å². The van der Waals surface area contributed by atoms with Gasteiger partial charge in [0.15, 0.2) is 17.5 Å². The van der Waals surface area contributed by atoms with E-state index >= 15 is 0 Å². The van der Waals surface area contributed by atoms with Gasteiger partial charge in [-0.05, 0) is 25.8 Å². The third-order valence-electron chi connectivity index (χ3n) is 4.42. The van der Waals surface area contributed by atoms with Crippen LogP contribution >= 0.6 is 0 Å². The van der Waals surface area contributed by atoms with Crippen LogP contribution in [0.2, 0.25) is 0 Å². The van der Waals surface area contributed by atoms with Gasteiger partial charge in [-0.15, -0.1) is 0 Å². The Morgan fingerprint density at radius 3 is 2.48 bits per heavy atom. The first-order chi connectivity index (χ1) is 12.9. The van der Waals surface area contributed by atoms with E-state index in [9.17, 15) is 13.9 Å². The summed E-state index contributed by atoms with van der Waals surface area (Å²) in [4.78, 5) is 4.41. The van der Waals surface area contributed by atoms with Crippen molar-refractivity contribution in [1.82, 2.24) is 10.6 Å². The molecular weight excluding hydrogens is 360 g/mol. The van der Waals surface area contributed by atoms with Crippen LogP contribution < -0.4 is 24.8 Å². The predicted octanol–water partition coefficient (Wildman–Crippen LogP) is 2.62. The molecule has 9 heteroatoms. The van der Waals surface area contributed by atoms with Crippen LogP contribution in [0.25, 0.3) is 0 Å². The van der Waals surface area contributed by atoms with Crippen molar-refractivity contribution in [2.24, 2.45) is 4.99 Å². The molecular formula is C18H27F2N3O4. The molecule has 0 bridgehead atoms. The lowest BCUT2D eigenvalue weighted by atomic mass is 9.98. The van der Waals surface area contributed by atoms with Gasteiger partial charge in [0.25, 0.3) is 0 Å². The first-order valence-electron chi connectivity index (χ1n) is 9.02. The number of guanidine groups is 1. The fourth-order valence-electron chi connectivity index (χ4n) is 2.55. The van der Waals surface area contributed by atoms with Gasteiger partial charge in [-0.3, -0.25) is 0 Å². The molecule has 0 unspecified atom stereocenters. The summed E-state index contributed by atoms with van der Waals surface area (Å²) in [5.74, 6) is 1.29. The van der Waals surface area contributed by atoms with E-state index < -0.39 is 12.2 Å². The molecule has 7 nitrogen and oxygen atoms in total. The second kappa shape index (κ2) is 9.59. The minimum Gasteiger partial charge on any atom is -0.454 e. The van der Waals surface area contributed by atoms with Crippen molar-refractivity contribution < 1.29 is 28.1 Å². The van der Waals surface area contributed by atoms with Crippen LogP contribution in [0, 0.1) is 0 Å². The summed E-state index contributed by atoms with van der Waals surface area (Å²) in [5, 5.41) is 16.6.